The molecule has 1 aromatic rings. The van der Waals surface area contributed by atoms with Crippen molar-refractivity contribution in [3.05, 3.63) is 35.4 Å². The van der Waals surface area contributed by atoms with Gasteiger partial charge in [0.15, 0.2) is 0 Å². The first-order chi connectivity index (χ1) is 8.59. The Morgan fingerprint density at radius 1 is 1.17 bits per heavy atom. The molecule has 0 unspecified atom stereocenters. The lowest BCUT2D eigenvalue weighted by Crippen LogP contribution is -2.25. The summed E-state index contributed by atoms with van der Waals surface area (Å²) in [7, 11) is 0. The van der Waals surface area contributed by atoms with E-state index >= 15 is 0 Å². The van der Waals surface area contributed by atoms with Crippen LogP contribution in [0.3, 0.4) is 0 Å². The summed E-state index contributed by atoms with van der Waals surface area (Å²) < 4.78 is 0. The van der Waals surface area contributed by atoms with E-state index in [1.54, 1.807) is 0 Å². The molecule has 0 saturated carbocycles. The summed E-state index contributed by atoms with van der Waals surface area (Å²) in [5, 5.41) is 8.78. The molecule has 1 aliphatic rings. The number of nitrogens with zero attached hydrogens (tertiary/aromatic N) is 2. The van der Waals surface area contributed by atoms with Gasteiger partial charge in [0.1, 0.15) is 0 Å². The Hall–Kier alpha value is -1.33. The first-order valence-corrected chi connectivity index (χ1v) is 6.80. The van der Waals surface area contributed by atoms with E-state index in [0.717, 1.165) is 12.1 Å². The average molecular weight is 242 g/mol. The van der Waals surface area contributed by atoms with Crippen molar-refractivity contribution in [3.63, 3.8) is 0 Å². The van der Waals surface area contributed by atoms with Crippen molar-refractivity contribution in [3.8, 4) is 6.07 Å². The maximum absolute atomic E-state index is 8.78. The molecular formula is C16H22N2. The molecule has 2 rings (SSSR count). The van der Waals surface area contributed by atoms with Crippen LogP contribution in [0, 0.1) is 16.7 Å². The van der Waals surface area contributed by atoms with Gasteiger partial charge in [-0.05, 0) is 55.5 Å². The molecule has 0 aromatic heterocycles. The zero-order valence-corrected chi connectivity index (χ0v) is 11.4. The molecule has 1 aromatic carbocycles. The SMILES string of the molecule is CC1(C)CCCN(Cc2ccc(C#N)cc2)CC1. The first kappa shape index (κ1) is 13.1. The maximum Gasteiger partial charge on any atom is 0.0991 e. The fourth-order valence-corrected chi connectivity index (χ4v) is 2.58. The first-order valence-electron chi connectivity index (χ1n) is 6.80. The monoisotopic (exact) mass is 242 g/mol. The summed E-state index contributed by atoms with van der Waals surface area (Å²) in [6.07, 6.45) is 3.91. The zero-order valence-electron chi connectivity index (χ0n) is 11.4. The molecular weight excluding hydrogens is 220 g/mol. The van der Waals surface area contributed by atoms with Crippen LogP contribution >= 0.6 is 0 Å². The molecule has 1 saturated heterocycles. The maximum atomic E-state index is 8.78. The van der Waals surface area contributed by atoms with E-state index in [1.165, 1.54) is 37.9 Å². The van der Waals surface area contributed by atoms with Gasteiger partial charge in [-0.2, -0.15) is 5.26 Å². The predicted molar refractivity (Wildman–Crippen MR) is 74.1 cm³/mol. The van der Waals surface area contributed by atoms with Crippen LogP contribution in [0.25, 0.3) is 0 Å². The van der Waals surface area contributed by atoms with Gasteiger partial charge in [0.25, 0.3) is 0 Å². The van der Waals surface area contributed by atoms with Crippen LogP contribution in [0.1, 0.15) is 44.2 Å². The Labute approximate surface area is 110 Å². The molecule has 1 fully saturated rings. The van der Waals surface area contributed by atoms with Crippen LogP contribution in [0.15, 0.2) is 24.3 Å². The van der Waals surface area contributed by atoms with Crippen molar-refractivity contribution in [2.45, 2.75) is 39.7 Å². The van der Waals surface area contributed by atoms with Gasteiger partial charge < -0.3 is 0 Å². The number of hydrogen-bond donors (Lipinski definition) is 0. The normalized spacial score (nSPS) is 20.1. The van der Waals surface area contributed by atoms with Crippen LogP contribution < -0.4 is 0 Å². The largest absolute Gasteiger partial charge is 0.299 e. The van der Waals surface area contributed by atoms with Crippen LogP contribution in [0.5, 0.6) is 0 Å². The molecule has 1 aliphatic heterocycles. The van der Waals surface area contributed by atoms with Gasteiger partial charge in [-0.1, -0.05) is 26.0 Å². The number of hydrogen-bond acceptors (Lipinski definition) is 2. The smallest absolute Gasteiger partial charge is 0.0991 e. The molecule has 0 atom stereocenters. The lowest BCUT2D eigenvalue weighted by molar-refractivity contribution is 0.256. The molecule has 0 radical (unpaired) electrons. The number of nitriles is 1. The van der Waals surface area contributed by atoms with Crippen molar-refractivity contribution < 1.29 is 0 Å². The highest BCUT2D eigenvalue weighted by Crippen LogP contribution is 2.30. The van der Waals surface area contributed by atoms with Crippen LogP contribution in [-0.4, -0.2) is 18.0 Å². The van der Waals surface area contributed by atoms with Crippen molar-refractivity contribution in [2.24, 2.45) is 5.41 Å². The zero-order chi connectivity index (χ0) is 13.0. The number of benzene rings is 1. The summed E-state index contributed by atoms with van der Waals surface area (Å²) in [5.74, 6) is 0. The second kappa shape index (κ2) is 5.54. The van der Waals surface area contributed by atoms with E-state index in [0.29, 0.717) is 5.41 Å². The molecule has 0 spiro atoms. The van der Waals surface area contributed by atoms with Crippen LogP contribution in [0.4, 0.5) is 0 Å². The van der Waals surface area contributed by atoms with E-state index in [-0.39, 0.29) is 0 Å². The fraction of sp³-hybridized carbons (Fsp3) is 0.562. The summed E-state index contributed by atoms with van der Waals surface area (Å²) in [6.45, 7) is 8.15. The highest BCUT2D eigenvalue weighted by Gasteiger charge is 2.22. The van der Waals surface area contributed by atoms with Crippen LogP contribution in [-0.2, 0) is 6.54 Å². The molecule has 0 bridgehead atoms. The van der Waals surface area contributed by atoms with Crippen molar-refractivity contribution in [2.75, 3.05) is 13.1 Å². The van der Waals surface area contributed by atoms with E-state index in [1.807, 2.05) is 12.1 Å². The Bertz CT molecular complexity index is 425. The Morgan fingerprint density at radius 3 is 2.56 bits per heavy atom. The van der Waals surface area contributed by atoms with Gasteiger partial charge in [-0.25, -0.2) is 0 Å². The number of likely N-dealkylation sites (tertiary alicyclic amines) is 1. The minimum atomic E-state index is 0.499. The molecule has 0 aliphatic carbocycles. The van der Waals surface area contributed by atoms with Gasteiger partial charge >= 0.3 is 0 Å². The van der Waals surface area contributed by atoms with Crippen molar-refractivity contribution in [1.82, 2.24) is 4.90 Å². The highest BCUT2D eigenvalue weighted by atomic mass is 15.1. The van der Waals surface area contributed by atoms with Gasteiger partial charge in [0.2, 0.25) is 0 Å². The van der Waals surface area contributed by atoms with Crippen molar-refractivity contribution >= 4 is 0 Å². The second-order valence-corrected chi connectivity index (χ2v) is 6.10. The third-order valence-corrected chi connectivity index (χ3v) is 3.92. The van der Waals surface area contributed by atoms with Gasteiger partial charge in [-0.15, -0.1) is 0 Å². The molecule has 2 heteroatoms. The molecule has 18 heavy (non-hydrogen) atoms. The minimum absolute atomic E-state index is 0.499. The summed E-state index contributed by atoms with van der Waals surface area (Å²) in [4.78, 5) is 2.54. The summed E-state index contributed by atoms with van der Waals surface area (Å²) >= 11 is 0. The molecule has 2 nitrogen and oxygen atoms in total. The van der Waals surface area contributed by atoms with Gasteiger partial charge in [0.05, 0.1) is 11.6 Å². The number of rotatable bonds is 2. The molecule has 0 amide bonds. The third-order valence-electron chi connectivity index (χ3n) is 3.92. The van der Waals surface area contributed by atoms with E-state index in [2.05, 4.69) is 36.9 Å². The summed E-state index contributed by atoms with van der Waals surface area (Å²) in [6, 6.07) is 10.1. The quantitative estimate of drug-likeness (QED) is 0.792. The second-order valence-electron chi connectivity index (χ2n) is 6.10. The third kappa shape index (κ3) is 3.58. The molecule has 1 heterocycles. The molecule has 96 valence electrons. The standard InChI is InChI=1S/C16H22N2/c1-16(2)8-3-10-18(11-9-16)13-15-6-4-14(12-17)5-7-15/h4-7H,3,8-11,13H2,1-2H3. The Kier molecular flexibility index (Phi) is 4.04. The fourth-order valence-electron chi connectivity index (χ4n) is 2.58. The Morgan fingerprint density at radius 2 is 1.89 bits per heavy atom. The topological polar surface area (TPSA) is 27.0 Å². The highest BCUT2D eigenvalue weighted by molar-refractivity contribution is 5.31. The minimum Gasteiger partial charge on any atom is -0.299 e. The van der Waals surface area contributed by atoms with Crippen LogP contribution in [0.2, 0.25) is 0 Å². The van der Waals surface area contributed by atoms with Gasteiger partial charge in [0, 0.05) is 6.54 Å². The lowest BCUT2D eigenvalue weighted by Gasteiger charge is -2.23. The lowest BCUT2D eigenvalue weighted by atomic mass is 9.85. The van der Waals surface area contributed by atoms with E-state index < -0.39 is 0 Å². The predicted octanol–water partition coefficient (Wildman–Crippen LogP) is 3.57. The van der Waals surface area contributed by atoms with E-state index in [4.69, 9.17) is 5.26 Å². The molecule has 0 N–H and O–H groups in total. The van der Waals surface area contributed by atoms with E-state index in [9.17, 15) is 0 Å². The average Bonchev–Trinajstić information content (AvgIpc) is 2.52. The van der Waals surface area contributed by atoms with Crippen molar-refractivity contribution in [1.29, 1.82) is 5.26 Å². The van der Waals surface area contributed by atoms with Gasteiger partial charge in [-0.3, -0.25) is 4.90 Å². The Balaban J connectivity index is 1.95. The summed E-state index contributed by atoms with van der Waals surface area (Å²) in [5.41, 5.74) is 2.56.